The number of fused-ring (bicyclic) bond motifs is 1. The SMILES string of the molecule is Cc1cc(C)c(NC(=O)c2cc3cccnc3n(Cc3ccc(F)cc3)c2=O)c(C)c1. The van der Waals surface area contributed by atoms with Gasteiger partial charge in [0.1, 0.15) is 17.0 Å². The Morgan fingerprint density at radius 2 is 1.71 bits per heavy atom. The smallest absolute Gasteiger partial charge is 0.265 e. The summed E-state index contributed by atoms with van der Waals surface area (Å²) in [5.74, 6) is -0.824. The maximum absolute atomic E-state index is 13.3. The Hall–Kier alpha value is -3.80. The molecule has 0 spiro atoms. The van der Waals surface area contributed by atoms with Crippen molar-refractivity contribution in [2.45, 2.75) is 27.3 Å². The van der Waals surface area contributed by atoms with Crippen LogP contribution in [0.25, 0.3) is 11.0 Å². The highest BCUT2D eigenvalue weighted by atomic mass is 19.1. The molecule has 4 aromatic rings. The number of hydrogen-bond acceptors (Lipinski definition) is 3. The molecule has 0 bridgehead atoms. The number of anilines is 1. The van der Waals surface area contributed by atoms with Crippen molar-refractivity contribution >= 4 is 22.6 Å². The molecule has 2 heterocycles. The van der Waals surface area contributed by atoms with Gasteiger partial charge in [-0.25, -0.2) is 9.37 Å². The quantitative estimate of drug-likeness (QED) is 0.523. The molecule has 0 fully saturated rings. The molecule has 0 saturated heterocycles. The minimum absolute atomic E-state index is 0.0296. The third-order valence-corrected chi connectivity index (χ3v) is 5.26. The second-order valence-electron chi connectivity index (χ2n) is 7.72. The number of halogens is 1. The predicted molar refractivity (Wildman–Crippen MR) is 120 cm³/mol. The molecule has 0 aliphatic carbocycles. The number of carbonyl (C=O) groups is 1. The van der Waals surface area contributed by atoms with Gasteiger partial charge in [-0.3, -0.25) is 14.2 Å². The fourth-order valence-corrected chi connectivity index (χ4v) is 3.85. The molecule has 0 atom stereocenters. The second kappa shape index (κ2) is 8.14. The van der Waals surface area contributed by atoms with Crippen LogP contribution < -0.4 is 10.9 Å². The number of aromatic nitrogens is 2. The lowest BCUT2D eigenvalue weighted by atomic mass is 10.0. The number of rotatable bonds is 4. The summed E-state index contributed by atoms with van der Waals surface area (Å²) < 4.78 is 14.7. The first-order chi connectivity index (χ1) is 14.8. The zero-order chi connectivity index (χ0) is 22.1. The molecule has 1 amide bonds. The molecule has 31 heavy (non-hydrogen) atoms. The van der Waals surface area contributed by atoms with Gasteiger partial charge in [0.25, 0.3) is 11.5 Å². The summed E-state index contributed by atoms with van der Waals surface area (Å²) in [6, 6.07) is 15.0. The van der Waals surface area contributed by atoms with Crippen LogP contribution in [0.4, 0.5) is 10.1 Å². The van der Waals surface area contributed by atoms with Crippen molar-refractivity contribution in [2.75, 3.05) is 5.32 Å². The zero-order valence-corrected chi connectivity index (χ0v) is 17.6. The average Bonchev–Trinajstić information content (AvgIpc) is 2.73. The fourth-order valence-electron chi connectivity index (χ4n) is 3.85. The molecule has 0 aliphatic heterocycles. The van der Waals surface area contributed by atoms with Crippen molar-refractivity contribution in [2.24, 2.45) is 0 Å². The maximum atomic E-state index is 13.3. The molecule has 2 aromatic heterocycles. The van der Waals surface area contributed by atoms with Gasteiger partial charge in [-0.05, 0) is 67.8 Å². The number of benzene rings is 2. The largest absolute Gasteiger partial charge is 0.321 e. The fraction of sp³-hybridized carbons (Fsp3) is 0.160. The van der Waals surface area contributed by atoms with E-state index in [1.54, 1.807) is 30.5 Å². The van der Waals surface area contributed by atoms with Crippen LogP contribution in [0.15, 0.2) is 65.6 Å². The van der Waals surface area contributed by atoms with Crippen LogP contribution in [0.5, 0.6) is 0 Å². The molecule has 5 nitrogen and oxygen atoms in total. The normalized spacial score (nSPS) is 11.0. The van der Waals surface area contributed by atoms with Gasteiger partial charge in [-0.15, -0.1) is 0 Å². The molecule has 2 aromatic carbocycles. The predicted octanol–water partition coefficient (Wildman–Crippen LogP) is 4.76. The summed E-state index contributed by atoms with van der Waals surface area (Å²) in [6.45, 7) is 6.02. The molecule has 1 N–H and O–H groups in total. The van der Waals surface area contributed by atoms with Crippen LogP contribution in [-0.4, -0.2) is 15.5 Å². The third kappa shape index (κ3) is 4.10. The lowest BCUT2D eigenvalue weighted by Gasteiger charge is -2.15. The van der Waals surface area contributed by atoms with E-state index in [1.807, 2.05) is 39.0 Å². The summed E-state index contributed by atoms with van der Waals surface area (Å²) in [7, 11) is 0. The molecule has 156 valence electrons. The Kier molecular flexibility index (Phi) is 5.38. The number of pyridine rings is 2. The minimum atomic E-state index is -0.473. The minimum Gasteiger partial charge on any atom is -0.321 e. The van der Waals surface area contributed by atoms with Gasteiger partial charge in [0, 0.05) is 17.3 Å². The van der Waals surface area contributed by atoms with Crippen molar-refractivity contribution < 1.29 is 9.18 Å². The van der Waals surface area contributed by atoms with E-state index in [0.29, 0.717) is 16.7 Å². The van der Waals surface area contributed by atoms with E-state index in [9.17, 15) is 14.0 Å². The highest BCUT2D eigenvalue weighted by molar-refractivity contribution is 6.06. The summed E-state index contributed by atoms with van der Waals surface area (Å²) in [6.07, 6.45) is 1.60. The van der Waals surface area contributed by atoms with Crippen LogP contribution >= 0.6 is 0 Å². The standard InChI is InChI=1S/C25H22FN3O2/c1-15-11-16(2)22(17(3)12-15)28-24(30)21-13-19-5-4-10-27-23(19)29(25(21)31)14-18-6-8-20(26)9-7-18/h4-13H,14H2,1-3H3,(H,28,30). The summed E-state index contributed by atoms with van der Waals surface area (Å²) in [5, 5.41) is 3.58. The average molecular weight is 415 g/mol. The highest BCUT2D eigenvalue weighted by Crippen LogP contribution is 2.23. The molecule has 4 rings (SSSR count). The Morgan fingerprint density at radius 3 is 2.39 bits per heavy atom. The topological polar surface area (TPSA) is 64.0 Å². The van der Waals surface area contributed by atoms with Crippen molar-refractivity contribution in [1.82, 2.24) is 9.55 Å². The first kappa shape index (κ1) is 20.5. The molecular weight excluding hydrogens is 393 g/mol. The van der Waals surface area contributed by atoms with Gasteiger partial charge < -0.3 is 5.32 Å². The highest BCUT2D eigenvalue weighted by Gasteiger charge is 2.18. The van der Waals surface area contributed by atoms with Crippen molar-refractivity contribution in [3.8, 4) is 0 Å². The summed E-state index contributed by atoms with van der Waals surface area (Å²) >= 11 is 0. The number of carbonyl (C=O) groups excluding carboxylic acids is 1. The van der Waals surface area contributed by atoms with Crippen molar-refractivity contribution in [3.63, 3.8) is 0 Å². The summed E-state index contributed by atoms with van der Waals surface area (Å²) in [5.41, 5.74) is 4.45. The van der Waals surface area contributed by atoms with Crippen LogP contribution in [0, 0.1) is 26.6 Å². The van der Waals surface area contributed by atoms with Gasteiger partial charge in [-0.2, -0.15) is 0 Å². The van der Waals surface area contributed by atoms with E-state index in [-0.39, 0.29) is 17.9 Å². The van der Waals surface area contributed by atoms with Gasteiger partial charge in [0.05, 0.1) is 6.54 Å². The molecule has 6 heteroatoms. The van der Waals surface area contributed by atoms with Crippen LogP contribution in [-0.2, 0) is 6.54 Å². The van der Waals surface area contributed by atoms with E-state index in [2.05, 4.69) is 10.3 Å². The van der Waals surface area contributed by atoms with Crippen molar-refractivity contribution in [1.29, 1.82) is 0 Å². The van der Waals surface area contributed by atoms with Crippen LogP contribution in [0.2, 0.25) is 0 Å². The monoisotopic (exact) mass is 415 g/mol. The second-order valence-corrected chi connectivity index (χ2v) is 7.72. The number of aryl methyl sites for hydroxylation is 3. The van der Waals surface area contributed by atoms with Crippen LogP contribution in [0.1, 0.15) is 32.6 Å². The maximum Gasteiger partial charge on any atom is 0.265 e. The lowest BCUT2D eigenvalue weighted by molar-refractivity contribution is 0.102. The molecule has 0 radical (unpaired) electrons. The first-order valence-electron chi connectivity index (χ1n) is 9.95. The van der Waals surface area contributed by atoms with E-state index in [1.165, 1.54) is 16.7 Å². The third-order valence-electron chi connectivity index (χ3n) is 5.26. The van der Waals surface area contributed by atoms with E-state index < -0.39 is 11.5 Å². The van der Waals surface area contributed by atoms with Gasteiger partial charge in [-0.1, -0.05) is 29.8 Å². The Morgan fingerprint density at radius 1 is 1.03 bits per heavy atom. The number of amides is 1. The Labute approximate surface area is 179 Å². The molecule has 0 aliphatic rings. The van der Waals surface area contributed by atoms with Gasteiger partial charge in [0.2, 0.25) is 0 Å². The first-order valence-corrected chi connectivity index (χ1v) is 9.95. The van der Waals surface area contributed by atoms with E-state index >= 15 is 0 Å². The Balaban J connectivity index is 1.80. The molecule has 0 saturated carbocycles. The van der Waals surface area contributed by atoms with Crippen LogP contribution in [0.3, 0.4) is 0 Å². The number of nitrogens with one attached hydrogen (secondary N) is 1. The molecule has 0 unspecified atom stereocenters. The number of nitrogens with zero attached hydrogens (tertiary/aromatic N) is 2. The van der Waals surface area contributed by atoms with Gasteiger partial charge >= 0.3 is 0 Å². The van der Waals surface area contributed by atoms with E-state index in [0.717, 1.165) is 22.3 Å². The number of hydrogen-bond donors (Lipinski definition) is 1. The van der Waals surface area contributed by atoms with Gasteiger partial charge in [0.15, 0.2) is 0 Å². The lowest BCUT2D eigenvalue weighted by Crippen LogP contribution is -2.30. The van der Waals surface area contributed by atoms with E-state index in [4.69, 9.17) is 0 Å². The Bertz CT molecular complexity index is 1330. The zero-order valence-electron chi connectivity index (χ0n) is 17.6. The van der Waals surface area contributed by atoms with Crippen molar-refractivity contribution in [3.05, 3.63) is 105 Å². The summed E-state index contributed by atoms with van der Waals surface area (Å²) in [4.78, 5) is 30.8. The molecular formula is C25H22FN3O2.